The molecule has 2 aromatic heterocycles. The van der Waals surface area contributed by atoms with Gasteiger partial charge in [0.2, 0.25) is 35.4 Å². The monoisotopic (exact) mass is 1660 g/mol. The molecule has 0 aliphatic carbocycles. The molecular weight excluding hydrogens is 1520 g/mol. The highest BCUT2D eigenvalue weighted by molar-refractivity contribution is 5.89. The second-order valence-electron chi connectivity index (χ2n) is 34.9. The predicted octanol–water partition coefficient (Wildman–Crippen LogP) is 5.99. The molecule has 0 bridgehead atoms. The maximum atomic E-state index is 16.5. The number of nitrogens with zero attached hydrogens (tertiary/aromatic N) is 17. The Bertz CT molecular complexity index is 3860. The molecule has 7 amide bonds. The lowest BCUT2D eigenvalue weighted by Crippen LogP contribution is -2.57. The number of rotatable bonds is 38. The van der Waals surface area contributed by atoms with Gasteiger partial charge in [-0.25, -0.2) is 14.8 Å². The minimum atomic E-state index is -1.06. The number of likely N-dealkylation sites (N-methyl/N-ethyl adjacent to an activating group) is 2. The van der Waals surface area contributed by atoms with E-state index >= 15 is 19.2 Å². The van der Waals surface area contributed by atoms with E-state index in [2.05, 4.69) is 94.7 Å². The van der Waals surface area contributed by atoms with Crippen LogP contribution in [0.15, 0.2) is 70.6 Å². The SMILES string of the molecule is CC[C@H](C)[C@@H]([C@@H](CC(=O)N1CCC[C@H]1[C@H](OC)[C@@H](C)C(=O)N[C@@H](Cc1ccccc1)c1nn[nH]n1)OC)N(C)C(=O)[C@@H](/N=C(\N(C)C)N1CCN(C(=O)OC(C)(C)C)CC1)C(C)CC(C)[C@H](C)[C@@H]([C@@H](CC(=O)N1CCC[C@H]1[C@H](OC)[C@@H](C)C(=O)N[C@@H](Cc1ccccc1)c1nn[nH]n1)OC)N(C)C(=O)[C@@H](/N=C(\N(C)C)N1CCNCC1)C(C)C. The van der Waals surface area contributed by atoms with Gasteiger partial charge in [0.1, 0.15) is 17.7 Å². The Kier molecular flexibility index (Phi) is 36.1. The summed E-state index contributed by atoms with van der Waals surface area (Å²) in [5.74, 6) is -2.92. The van der Waals surface area contributed by atoms with Crippen LogP contribution in [0.2, 0.25) is 0 Å². The normalized spacial score (nSPS) is 20.5. The summed E-state index contributed by atoms with van der Waals surface area (Å²) in [6.07, 6.45) is 0.515. The van der Waals surface area contributed by atoms with Crippen LogP contribution < -0.4 is 16.0 Å². The molecule has 8 rings (SSSR count). The van der Waals surface area contributed by atoms with E-state index in [1.807, 2.05) is 150 Å². The third kappa shape index (κ3) is 25.3. The van der Waals surface area contributed by atoms with Crippen LogP contribution >= 0.6 is 0 Å². The van der Waals surface area contributed by atoms with E-state index < -0.39 is 108 Å². The van der Waals surface area contributed by atoms with Gasteiger partial charge in [0, 0.05) is 149 Å². The van der Waals surface area contributed by atoms with Crippen molar-refractivity contribution in [3.8, 4) is 0 Å². The van der Waals surface area contributed by atoms with E-state index in [1.54, 1.807) is 71.1 Å². The summed E-state index contributed by atoms with van der Waals surface area (Å²) < 4.78 is 31.4. The van der Waals surface area contributed by atoms with Gasteiger partial charge in [0.25, 0.3) is 0 Å². The number of piperazine rings is 2. The Balaban J connectivity index is 1.11. The number of methoxy groups -OCH3 is 4. The molecule has 18 atom stereocenters. The zero-order valence-electron chi connectivity index (χ0n) is 74.9. The van der Waals surface area contributed by atoms with Crippen LogP contribution in [0.3, 0.4) is 0 Å². The highest BCUT2D eigenvalue weighted by Crippen LogP contribution is 2.37. The fourth-order valence-electron chi connectivity index (χ4n) is 17.8. The first-order chi connectivity index (χ1) is 56.7. The van der Waals surface area contributed by atoms with Crippen LogP contribution in [-0.2, 0) is 65.3 Å². The average Bonchev–Trinajstić information content (AvgIpc) is 1.69. The van der Waals surface area contributed by atoms with Gasteiger partial charge >= 0.3 is 6.09 Å². The third-order valence-corrected chi connectivity index (χ3v) is 24.6. The van der Waals surface area contributed by atoms with Crippen molar-refractivity contribution in [3.63, 3.8) is 0 Å². The van der Waals surface area contributed by atoms with Crippen LogP contribution in [0, 0.1) is 41.4 Å². The van der Waals surface area contributed by atoms with E-state index in [0.717, 1.165) is 24.2 Å². The zero-order valence-corrected chi connectivity index (χ0v) is 74.9. The summed E-state index contributed by atoms with van der Waals surface area (Å²) in [6, 6.07) is 13.9. The summed E-state index contributed by atoms with van der Waals surface area (Å²) in [5.41, 5.74) is 1.23. The van der Waals surface area contributed by atoms with E-state index in [0.29, 0.717) is 127 Å². The number of aromatic nitrogens is 8. The van der Waals surface area contributed by atoms with Crippen molar-refractivity contribution >= 4 is 53.5 Å². The molecule has 0 radical (unpaired) electrons. The van der Waals surface area contributed by atoms with Crippen molar-refractivity contribution in [1.29, 1.82) is 0 Å². The van der Waals surface area contributed by atoms with Crippen molar-refractivity contribution in [2.75, 3.05) is 136 Å². The average molecular weight is 1660 g/mol. The molecule has 4 fully saturated rings. The number of hydrogen-bond donors (Lipinski definition) is 5. The molecule has 34 heteroatoms. The fraction of sp³-hybridized carbons (Fsp3) is 0.729. The Morgan fingerprint density at radius 2 is 0.958 bits per heavy atom. The van der Waals surface area contributed by atoms with Gasteiger partial charge in [-0.1, -0.05) is 140 Å². The highest BCUT2D eigenvalue weighted by Gasteiger charge is 2.48. The van der Waals surface area contributed by atoms with Crippen LogP contribution in [0.25, 0.3) is 0 Å². The summed E-state index contributed by atoms with van der Waals surface area (Å²) in [6.45, 7) is 28.6. The number of hydrogen-bond acceptors (Lipinski definition) is 21. The number of aromatic amines is 2. The molecule has 119 heavy (non-hydrogen) atoms. The second-order valence-corrected chi connectivity index (χ2v) is 34.9. The van der Waals surface area contributed by atoms with Crippen LogP contribution in [0.1, 0.15) is 169 Å². The summed E-state index contributed by atoms with van der Waals surface area (Å²) in [7, 11) is 17.5. The van der Waals surface area contributed by atoms with Gasteiger partial charge in [0.15, 0.2) is 23.6 Å². The van der Waals surface area contributed by atoms with Gasteiger partial charge < -0.3 is 83.7 Å². The molecule has 0 saturated carbocycles. The first-order valence-corrected chi connectivity index (χ1v) is 42.7. The smallest absolute Gasteiger partial charge is 0.410 e. The van der Waals surface area contributed by atoms with Crippen LogP contribution in [0.5, 0.6) is 0 Å². The first-order valence-electron chi connectivity index (χ1n) is 42.7. The number of likely N-dealkylation sites (tertiary alicyclic amines) is 2. The summed E-state index contributed by atoms with van der Waals surface area (Å²) >= 11 is 0. The van der Waals surface area contributed by atoms with Crippen LogP contribution in [0.4, 0.5) is 4.79 Å². The number of benzene rings is 2. The van der Waals surface area contributed by atoms with Crippen molar-refractivity contribution in [2.45, 2.75) is 226 Å². The Morgan fingerprint density at radius 3 is 1.36 bits per heavy atom. The Morgan fingerprint density at radius 1 is 0.538 bits per heavy atom. The number of H-pyrrole nitrogens is 2. The maximum Gasteiger partial charge on any atom is 0.410 e. The molecule has 662 valence electrons. The quantitative estimate of drug-likeness (QED) is 0.0254. The zero-order chi connectivity index (χ0) is 87.1. The molecular formula is C85H140N22O12. The number of ether oxygens (including phenoxy) is 5. The minimum Gasteiger partial charge on any atom is -0.444 e. The van der Waals surface area contributed by atoms with E-state index in [4.69, 9.17) is 33.7 Å². The second kappa shape index (κ2) is 45.1. The van der Waals surface area contributed by atoms with Gasteiger partial charge in [-0.2, -0.15) is 10.4 Å². The largest absolute Gasteiger partial charge is 0.444 e. The highest BCUT2D eigenvalue weighted by atomic mass is 16.6. The number of amides is 7. The van der Waals surface area contributed by atoms with E-state index in [-0.39, 0.29) is 66.0 Å². The number of carbonyl (C=O) groups excluding carboxylic acids is 7. The molecule has 4 saturated heterocycles. The molecule has 5 N–H and O–H groups in total. The van der Waals surface area contributed by atoms with Crippen molar-refractivity contribution in [1.82, 2.24) is 101 Å². The fourth-order valence-corrected chi connectivity index (χ4v) is 17.8. The third-order valence-electron chi connectivity index (χ3n) is 24.6. The molecule has 2 unspecified atom stereocenters. The number of guanidine groups is 2. The van der Waals surface area contributed by atoms with E-state index in [1.165, 1.54) is 0 Å². The lowest BCUT2D eigenvalue weighted by Gasteiger charge is -2.43. The van der Waals surface area contributed by atoms with Crippen molar-refractivity contribution in [2.24, 2.45) is 51.4 Å². The number of nitrogens with one attached hydrogen (secondary N) is 5. The molecule has 2 aromatic carbocycles. The number of carbonyl (C=O) groups is 7. The van der Waals surface area contributed by atoms with Gasteiger partial charge in [-0.3, -0.25) is 28.8 Å². The van der Waals surface area contributed by atoms with Crippen LogP contribution in [-0.4, -0.2) is 341 Å². The molecule has 34 nitrogen and oxygen atoms in total. The van der Waals surface area contributed by atoms with Gasteiger partial charge in [-0.05, 0) is 93.6 Å². The summed E-state index contributed by atoms with van der Waals surface area (Å²) in [4.78, 5) is 134. The Labute approximate surface area is 705 Å². The molecule has 6 heterocycles. The number of aliphatic imine (C=N–C) groups is 2. The number of tetrazole rings is 2. The topological polar surface area (TPSA) is 365 Å². The van der Waals surface area contributed by atoms with Gasteiger partial charge in [0.05, 0.1) is 85.3 Å². The van der Waals surface area contributed by atoms with Crippen molar-refractivity contribution < 1.29 is 57.2 Å². The molecule has 4 aromatic rings. The lowest BCUT2D eigenvalue weighted by atomic mass is 9.78. The maximum absolute atomic E-state index is 16.5. The molecule has 0 spiro atoms. The molecule has 4 aliphatic heterocycles. The Hall–Kier alpha value is -8.99. The standard InChI is InChI=1S/C85H140N22O12/c1-23-54(4)72(66(115-19)51-68(108)106-40-30-36-64(106)74(117-21)58(8)78(110)87-62(76-91-95-96-92-76)49-60-32-26-24-27-33-60)101(17)81(113)71(90-83(100(15)16)104-44-46-105(47-45-104)84(114)119-85(10,11)12)56(6)48-55(5)57(7)73(102(18)80(112)70(53(2)3)89-82(99(13)14)103-42-38-86-39-43-103)67(116-20)52-69(109)107-41-31-37-65(107)75(118-22)59(9)79(111)88-63(77-93-97-98-94-77)50-61-34-28-25-29-35-61/h24-29,32-35,53-59,62-67,70-75,86H,23,30-31,36-52H2,1-22H3,(H,87,110)(H,88,111)(H,91,92,95,96)(H,93,94,97,98)/b89-82+,90-83+/t54-,55?,56?,57-,58+,59+,62-,63-,64-,65-,66+,67+,70-,71-,72-,73-,74+,75+/m0/s1. The first kappa shape index (κ1) is 95.5. The minimum absolute atomic E-state index is 0.0936. The summed E-state index contributed by atoms with van der Waals surface area (Å²) in [5, 5.41) is 39.3. The van der Waals surface area contributed by atoms with Gasteiger partial charge in [-0.15, -0.1) is 20.4 Å². The van der Waals surface area contributed by atoms with E-state index in [9.17, 15) is 14.4 Å². The molecule has 4 aliphatic rings. The lowest BCUT2D eigenvalue weighted by molar-refractivity contribution is -0.147. The predicted molar refractivity (Wildman–Crippen MR) is 454 cm³/mol. The van der Waals surface area contributed by atoms with Crippen molar-refractivity contribution in [3.05, 3.63) is 83.4 Å².